The van der Waals surface area contributed by atoms with Gasteiger partial charge in [0.1, 0.15) is 18.4 Å². The van der Waals surface area contributed by atoms with Crippen molar-refractivity contribution >= 4 is 39.1 Å². The van der Waals surface area contributed by atoms with E-state index in [1.54, 1.807) is 25.1 Å². The summed E-state index contributed by atoms with van der Waals surface area (Å²) in [5.74, 6) is -1.48. The monoisotopic (exact) mass is 559 g/mol. The Morgan fingerprint density at radius 1 is 0.947 bits per heavy atom. The number of carbonyl (C=O) groups excluding carboxylic acids is 2. The van der Waals surface area contributed by atoms with Gasteiger partial charge in [-0.1, -0.05) is 74.0 Å². The Labute approximate surface area is 228 Å². The molecule has 1 unspecified atom stereocenters. The number of carbonyl (C=O) groups is 2. The van der Waals surface area contributed by atoms with Crippen LogP contribution in [0.1, 0.15) is 26.3 Å². The van der Waals surface area contributed by atoms with Gasteiger partial charge in [0.25, 0.3) is 10.0 Å². The zero-order valence-corrected chi connectivity index (χ0v) is 23.0. The van der Waals surface area contributed by atoms with Gasteiger partial charge in [-0.05, 0) is 48.7 Å². The lowest BCUT2D eigenvalue weighted by atomic mass is 10.1. The summed E-state index contributed by atoms with van der Waals surface area (Å²) in [7, 11) is -4.25. The van der Waals surface area contributed by atoms with Gasteiger partial charge in [-0.25, -0.2) is 12.8 Å². The summed E-state index contributed by atoms with van der Waals surface area (Å²) in [4.78, 5) is 28.0. The van der Waals surface area contributed by atoms with Crippen LogP contribution in [0, 0.1) is 11.7 Å². The Hall–Kier alpha value is -3.43. The number of nitrogens with one attached hydrogen (secondary N) is 1. The molecule has 202 valence electrons. The molecule has 0 aliphatic heterocycles. The molecule has 10 heteroatoms. The molecule has 7 nitrogen and oxygen atoms in total. The molecule has 1 atom stereocenters. The van der Waals surface area contributed by atoms with Crippen LogP contribution in [-0.2, 0) is 26.2 Å². The van der Waals surface area contributed by atoms with Crippen LogP contribution in [0.5, 0.6) is 0 Å². The molecular weight excluding hydrogens is 529 g/mol. The van der Waals surface area contributed by atoms with Crippen molar-refractivity contribution in [2.75, 3.05) is 17.4 Å². The second-order valence-corrected chi connectivity index (χ2v) is 11.5. The molecule has 0 saturated heterocycles. The van der Waals surface area contributed by atoms with Gasteiger partial charge < -0.3 is 10.2 Å². The molecule has 3 rings (SSSR count). The molecule has 3 aromatic carbocycles. The number of amides is 2. The van der Waals surface area contributed by atoms with Gasteiger partial charge in [0.15, 0.2) is 0 Å². The van der Waals surface area contributed by atoms with E-state index in [4.69, 9.17) is 11.6 Å². The minimum atomic E-state index is -4.25. The van der Waals surface area contributed by atoms with Gasteiger partial charge in [0.2, 0.25) is 11.8 Å². The number of sulfonamides is 1. The quantitative estimate of drug-likeness (QED) is 0.363. The van der Waals surface area contributed by atoms with E-state index in [0.29, 0.717) is 6.54 Å². The maximum absolute atomic E-state index is 13.9. The van der Waals surface area contributed by atoms with E-state index in [1.807, 2.05) is 44.2 Å². The van der Waals surface area contributed by atoms with E-state index in [-0.39, 0.29) is 34.0 Å². The van der Waals surface area contributed by atoms with Gasteiger partial charge in [-0.3, -0.25) is 13.9 Å². The van der Waals surface area contributed by atoms with Crippen LogP contribution in [0.2, 0.25) is 5.02 Å². The van der Waals surface area contributed by atoms with Crippen LogP contribution in [0.15, 0.2) is 83.8 Å². The first kappa shape index (κ1) is 29.1. The van der Waals surface area contributed by atoms with Crippen LogP contribution < -0.4 is 9.62 Å². The minimum absolute atomic E-state index is 0.0187. The van der Waals surface area contributed by atoms with Gasteiger partial charge in [-0.15, -0.1) is 0 Å². The summed E-state index contributed by atoms with van der Waals surface area (Å²) in [5.41, 5.74) is 0.789. The van der Waals surface area contributed by atoms with E-state index in [9.17, 15) is 22.4 Å². The van der Waals surface area contributed by atoms with Crippen molar-refractivity contribution in [1.82, 2.24) is 10.2 Å². The van der Waals surface area contributed by atoms with Crippen molar-refractivity contribution in [3.63, 3.8) is 0 Å². The van der Waals surface area contributed by atoms with Crippen molar-refractivity contribution in [3.8, 4) is 0 Å². The predicted octanol–water partition coefficient (Wildman–Crippen LogP) is 4.86. The van der Waals surface area contributed by atoms with E-state index < -0.39 is 34.3 Å². The molecule has 0 fully saturated rings. The summed E-state index contributed by atoms with van der Waals surface area (Å²) in [6.07, 6.45) is 0. The molecule has 3 aromatic rings. The fraction of sp³-hybridized carbons (Fsp3) is 0.286. The summed E-state index contributed by atoms with van der Waals surface area (Å²) in [6, 6.07) is 19.3. The third-order valence-corrected chi connectivity index (χ3v) is 7.93. The zero-order chi connectivity index (χ0) is 27.9. The number of hydrogen-bond acceptors (Lipinski definition) is 4. The smallest absolute Gasteiger partial charge is 0.264 e. The van der Waals surface area contributed by atoms with Gasteiger partial charge >= 0.3 is 0 Å². The highest BCUT2D eigenvalue weighted by Gasteiger charge is 2.32. The van der Waals surface area contributed by atoms with Gasteiger partial charge in [-0.2, -0.15) is 0 Å². The van der Waals surface area contributed by atoms with E-state index in [0.717, 1.165) is 22.0 Å². The lowest BCUT2D eigenvalue weighted by molar-refractivity contribution is -0.139. The number of hydrogen-bond donors (Lipinski definition) is 1. The lowest BCUT2D eigenvalue weighted by Crippen LogP contribution is -2.51. The van der Waals surface area contributed by atoms with Crippen molar-refractivity contribution in [2.24, 2.45) is 5.92 Å². The number of nitrogens with zero attached hydrogens (tertiary/aromatic N) is 2. The highest BCUT2D eigenvalue weighted by Crippen LogP contribution is 2.28. The fourth-order valence-electron chi connectivity index (χ4n) is 3.70. The van der Waals surface area contributed by atoms with Crippen LogP contribution >= 0.6 is 11.6 Å². The van der Waals surface area contributed by atoms with Crippen molar-refractivity contribution < 1.29 is 22.4 Å². The van der Waals surface area contributed by atoms with Crippen molar-refractivity contribution in [1.29, 1.82) is 0 Å². The molecule has 0 spiro atoms. The Balaban J connectivity index is 2.01. The molecule has 0 bridgehead atoms. The first-order valence-electron chi connectivity index (χ1n) is 12.1. The van der Waals surface area contributed by atoms with E-state index in [2.05, 4.69) is 5.32 Å². The third-order valence-electron chi connectivity index (χ3n) is 5.85. The van der Waals surface area contributed by atoms with Gasteiger partial charge in [0, 0.05) is 13.1 Å². The summed E-state index contributed by atoms with van der Waals surface area (Å²) in [5, 5.41) is 2.55. The number of rotatable bonds is 11. The maximum atomic E-state index is 13.9. The Kier molecular flexibility index (Phi) is 9.88. The first-order chi connectivity index (χ1) is 18.0. The summed E-state index contributed by atoms with van der Waals surface area (Å²) < 4.78 is 42.1. The Bertz CT molecular complexity index is 1360. The number of halogens is 2. The van der Waals surface area contributed by atoms with Crippen LogP contribution in [0.25, 0.3) is 0 Å². The average Bonchev–Trinajstić information content (AvgIpc) is 2.91. The molecule has 0 aliphatic carbocycles. The molecule has 0 radical (unpaired) electrons. The number of benzene rings is 3. The molecule has 0 aromatic heterocycles. The van der Waals surface area contributed by atoms with Crippen molar-refractivity contribution in [3.05, 3.63) is 95.3 Å². The molecule has 1 N–H and O–H groups in total. The summed E-state index contributed by atoms with van der Waals surface area (Å²) in [6.45, 7) is 5.39. The number of anilines is 1. The summed E-state index contributed by atoms with van der Waals surface area (Å²) >= 11 is 5.97. The Morgan fingerprint density at radius 2 is 1.55 bits per heavy atom. The molecule has 0 aliphatic rings. The molecular formula is C28H31ClFN3O4S. The van der Waals surface area contributed by atoms with Gasteiger partial charge in [0.05, 0.1) is 15.6 Å². The SMILES string of the molecule is CC(C)CNC(=O)C(C)N(Cc1ccccc1)C(=O)CN(c1ccc(F)c(Cl)c1)S(=O)(=O)c1ccccc1. The molecule has 0 saturated carbocycles. The lowest BCUT2D eigenvalue weighted by Gasteiger charge is -2.32. The zero-order valence-electron chi connectivity index (χ0n) is 21.5. The standard InChI is InChI=1S/C28H31ClFN3O4S/c1-20(2)17-31-28(35)21(3)32(18-22-10-6-4-7-11-22)27(34)19-33(23-14-15-26(30)25(29)16-23)38(36,37)24-12-8-5-9-13-24/h4-16,20-21H,17-19H2,1-3H3,(H,31,35). The van der Waals surface area contributed by atoms with E-state index >= 15 is 0 Å². The fourth-order valence-corrected chi connectivity index (χ4v) is 5.31. The average molecular weight is 560 g/mol. The maximum Gasteiger partial charge on any atom is 0.264 e. The predicted molar refractivity (Wildman–Crippen MR) is 147 cm³/mol. The van der Waals surface area contributed by atoms with E-state index in [1.165, 1.54) is 23.1 Å². The minimum Gasteiger partial charge on any atom is -0.354 e. The second kappa shape index (κ2) is 12.9. The first-order valence-corrected chi connectivity index (χ1v) is 14.0. The van der Waals surface area contributed by atoms with Crippen LogP contribution in [0.4, 0.5) is 10.1 Å². The van der Waals surface area contributed by atoms with Crippen LogP contribution in [0.3, 0.4) is 0 Å². The van der Waals surface area contributed by atoms with Crippen molar-refractivity contribution in [2.45, 2.75) is 38.3 Å². The topological polar surface area (TPSA) is 86.8 Å². The highest BCUT2D eigenvalue weighted by molar-refractivity contribution is 7.92. The second-order valence-electron chi connectivity index (χ2n) is 9.25. The largest absolute Gasteiger partial charge is 0.354 e. The highest BCUT2D eigenvalue weighted by atomic mass is 35.5. The Morgan fingerprint density at radius 3 is 2.13 bits per heavy atom. The molecule has 0 heterocycles. The normalized spacial score (nSPS) is 12.2. The third kappa shape index (κ3) is 7.33. The molecule has 2 amide bonds. The van der Waals surface area contributed by atoms with Crippen LogP contribution in [-0.4, -0.2) is 44.3 Å². The molecule has 38 heavy (non-hydrogen) atoms.